The third-order valence-corrected chi connectivity index (χ3v) is 3.13. The molecule has 0 radical (unpaired) electrons. The van der Waals surface area contributed by atoms with Crippen LogP contribution in [0.15, 0.2) is 72.8 Å². The van der Waals surface area contributed by atoms with Crippen molar-refractivity contribution in [3.8, 4) is 22.6 Å². The topological polar surface area (TPSA) is 61.3 Å². The summed E-state index contributed by atoms with van der Waals surface area (Å²) in [6.07, 6.45) is 0. The van der Waals surface area contributed by atoms with Crippen molar-refractivity contribution in [2.45, 2.75) is 0 Å². The van der Waals surface area contributed by atoms with Gasteiger partial charge in [0, 0.05) is 23.5 Å². The number of nitrogen functional groups attached to an aromatic ring is 2. The summed E-state index contributed by atoms with van der Waals surface area (Å²) < 4.78 is 5.84. The van der Waals surface area contributed by atoms with Crippen molar-refractivity contribution in [2.24, 2.45) is 0 Å². The number of ether oxygens (including phenoxy) is 1. The summed E-state index contributed by atoms with van der Waals surface area (Å²) in [5.74, 6) is 1.39. The maximum absolute atomic E-state index is 5.98. The van der Waals surface area contributed by atoms with Gasteiger partial charge in [-0.15, -0.1) is 0 Å². The largest absolute Gasteiger partial charge is 0.457 e. The SMILES string of the molecule is Nc1cccc(Oc2cc(N)cc(-c3ccccc3)c2)c1. The van der Waals surface area contributed by atoms with E-state index in [4.69, 9.17) is 16.2 Å². The van der Waals surface area contributed by atoms with Crippen LogP contribution in [0.3, 0.4) is 0 Å². The number of hydrogen-bond donors (Lipinski definition) is 2. The van der Waals surface area contributed by atoms with Gasteiger partial charge in [0.25, 0.3) is 0 Å². The van der Waals surface area contributed by atoms with Crippen molar-refractivity contribution >= 4 is 11.4 Å². The fraction of sp³-hybridized carbons (Fsp3) is 0. The number of nitrogens with two attached hydrogens (primary N) is 2. The molecular formula is C18H16N2O. The molecule has 0 aliphatic heterocycles. The van der Waals surface area contributed by atoms with Crippen molar-refractivity contribution in [1.29, 1.82) is 0 Å². The Kier molecular flexibility index (Phi) is 3.48. The first-order chi connectivity index (χ1) is 10.2. The van der Waals surface area contributed by atoms with Gasteiger partial charge in [0.1, 0.15) is 11.5 Å². The number of rotatable bonds is 3. The van der Waals surface area contributed by atoms with E-state index in [1.54, 1.807) is 12.1 Å². The van der Waals surface area contributed by atoms with Crippen molar-refractivity contribution in [3.63, 3.8) is 0 Å². The maximum Gasteiger partial charge on any atom is 0.130 e. The molecule has 0 saturated heterocycles. The van der Waals surface area contributed by atoms with Gasteiger partial charge in [-0.05, 0) is 35.4 Å². The lowest BCUT2D eigenvalue weighted by atomic mass is 10.0. The van der Waals surface area contributed by atoms with E-state index in [9.17, 15) is 0 Å². The Morgan fingerprint density at radius 3 is 2.10 bits per heavy atom. The third kappa shape index (κ3) is 3.15. The highest BCUT2D eigenvalue weighted by Gasteiger charge is 2.04. The number of benzene rings is 3. The van der Waals surface area contributed by atoms with Gasteiger partial charge in [-0.2, -0.15) is 0 Å². The van der Waals surface area contributed by atoms with Crippen LogP contribution >= 0.6 is 0 Å². The van der Waals surface area contributed by atoms with Gasteiger partial charge >= 0.3 is 0 Å². The smallest absolute Gasteiger partial charge is 0.130 e. The third-order valence-electron chi connectivity index (χ3n) is 3.13. The average molecular weight is 276 g/mol. The molecule has 0 aliphatic rings. The van der Waals surface area contributed by atoms with Crippen molar-refractivity contribution in [1.82, 2.24) is 0 Å². The minimum atomic E-state index is 0.662. The summed E-state index contributed by atoms with van der Waals surface area (Å²) in [7, 11) is 0. The summed E-state index contributed by atoms with van der Waals surface area (Å²) in [4.78, 5) is 0. The van der Waals surface area contributed by atoms with Gasteiger partial charge in [0.2, 0.25) is 0 Å². The molecule has 3 heteroatoms. The normalized spacial score (nSPS) is 10.3. The summed E-state index contributed by atoms with van der Waals surface area (Å²) in [6, 6.07) is 23.1. The molecule has 3 aromatic carbocycles. The molecule has 0 spiro atoms. The van der Waals surface area contributed by atoms with Crippen LogP contribution in [-0.2, 0) is 0 Å². The second-order valence-corrected chi connectivity index (χ2v) is 4.83. The summed E-state index contributed by atoms with van der Waals surface area (Å²) >= 11 is 0. The van der Waals surface area contributed by atoms with E-state index in [1.807, 2.05) is 60.7 Å². The Bertz CT molecular complexity index is 754. The van der Waals surface area contributed by atoms with Gasteiger partial charge < -0.3 is 16.2 Å². The molecule has 0 aromatic heterocycles. The second kappa shape index (κ2) is 5.59. The predicted octanol–water partition coefficient (Wildman–Crippen LogP) is 4.31. The van der Waals surface area contributed by atoms with E-state index in [-0.39, 0.29) is 0 Å². The maximum atomic E-state index is 5.98. The number of anilines is 2. The van der Waals surface area contributed by atoms with E-state index in [0.717, 1.165) is 11.1 Å². The molecule has 3 rings (SSSR count). The first kappa shape index (κ1) is 13.1. The van der Waals surface area contributed by atoms with Crippen molar-refractivity contribution in [3.05, 3.63) is 72.8 Å². The van der Waals surface area contributed by atoms with Crippen molar-refractivity contribution in [2.75, 3.05) is 11.5 Å². The Hall–Kier alpha value is -2.94. The standard InChI is InChI=1S/C18H16N2O/c19-15-7-4-8-17(11-15)21-18-10-14(9-16(20)12-18)13-5-2-1-3-6-13/h1-12H,19-20H2. The van der Waals surface area contributed by atoms with Crippen LogP contribution in [0.2, 0.25) is 0 Å². The minimum Gasteiger partial charge on any atom is -0.457 e. The molecule has 0 aliphatic carbocycles. The number of hydrogen-bond acceptors (Lipinski definition) is 3. The molecule has 0 saturated carbocycles. The van der Waals surface area contributed by atoms with Crippen LogP contribution in [0.1, 0.15) is 0 Å². The Morgan fingerprint density at radius 1 is 0.571 bits per heavy atom. The molecule has 104 valence electrons. The molecule has 21 heavy (non-hydrogen) atoms. The van der Waals surface area contributed by atoms with E-state index >= 15 is 0 Å². The molecule has 0 atom stereocenters. The highest BCUT2D eigenvalue weighted by Crippen LogP contribution is 2.30. The highest BCUT2D eigenvalue weighted by atomic mass is 16.5. The van der Waals surface area contributed by atoms with Crippen LogP contribution in [0.5, 0.6) is 11.5 Å². The van der Waals surface area contributed by atoms with Crippen LogP contribution in [0.4, 0.5) is 11.4 Å². The quantitative estimate of drug-likeness (QED) is 0.701. The van der Waals surface area contributed by atoms with E-state index in [1.165, 1.54) is 0 Å². The lowest BCUT2D eigenvalue weighted by Crippen LogP contribution is -1.91. The zero-order valence-electron chi connectivity index (χ0n) is 11.5. The second-order valence-electron chi connectivity index (χ2n) is 4.83. The van der Waals surface area contributed by atoms with Crippen molar-refractivity contribution < 1.29 is 4.74 Å². The van der Waals surface area contributed by atoms with Gasteiger partial charge in [-0.1, -0.05) is 36.4 Å². The fourth-order valence-corrected chi connectivity index (χ4v) is 2.19. The molecule has 0 amide bonds. The lowest BCUT2D eigenvalue weighted by Gasteiger charge is -2.10. The first-order valence-electron chi connectivity index (χ1n) is 6.70. The predicted molar refractivity (Wildman–Crippen MR) is 87.2 cm³/mol. The van der Waals surface area contributed by atoms with Crippen LogP contribution < -0.4 is 16.2 Å². The van der Waals surface area contributed by atoms with E-state index in [2.05, 4.69) is 0 Å². The molecule has 3 aromatic rings. The van der Waals surface area contributed by atoms with Crippen LogP contribution in [0, 0.1) is 0 Å². The fourth-order valence-electron chi connectivity index (χ4n) is 2.19. The van der Waals surface area contributed by atoms with E-state index in [0.29, 0.717) is 22.9 Å². The molecule has 0 bridgehead atoms. The van der Waals surface area contributed by atoms with Gasteiger partial charge in [-0.25, -0.2) is 0 Å². The average Bonchev–Trinajstić information content (AvgIpc) is 2.47. The summed E-state index contributed by atoms with van der Waals surface area (Å²) in [5, 5.41) is 0. The highest BCUT2D eigenvalue weighted by molar-refractivity contribution is 5.69. The van der Waals surface area contributed by atoms with Gasteiger partial charge in [0.15, 0.2) is 0 Å². The Balaban J connectivity index is 1.95. The Morgan fingerprint density at radius 2 is 1.33 bits per heavy atom. The molecular weight excluding hydrogens is 260 g/mol. The lowest BCUT2D eigenvalue weighted by molar-refractivity contribution is 0.483. The summed E-state index contributed by atoms with van der Waals surface area (Å²) in [6.45, 7) is 0. The van der Waals surface area contributed by atoms with Crippen LogP contribution in [-0.4, -0.2) is 0 Å². The zero-order chi connectivity index (χ0) is 14.7. The minimum absolute atomic E-state index is 0.662. The summed E-state index contributed by atoms with van der Waals surface area (Å²) in [5.41, 5.74) is 15.2. The molecule has 4 N–H and O–H groups in total. The zero-order valence-corrected chi connectivity index (χ0v) is 11.5. The van der Waals surface area contributed by atoms with Crippen LogP contribution in [0.25, 0.3) is 11.1 Å². The molecule has 0 fully saturated rings. The molecule has 0 heterocycles. The van der Waals surface area contributed by atoms with Gasteiger partial charge in [0.05, 0.1) is 0 Å². The molecule has 3 nitrogen and oxygen atoms in total. The monoisotopic (exact) mass is 276 g/mol. The molecule has 0 unspecified atom stereocenters. The first-order valence-corrected chi connectivity index (χ1v) is 6.70. The van der Waals surface area contributed by atoms with E-state index < -0.39 is 0 Å². The Labute approximate surface area is 123 Å². The van der Waals surface area contributed by atoms with Gasteiger partial charge in [-0.3, -0.25) is 0 Å².